The van der Waals surface area contributed by atoms with Crippen LogP contribution in [0.5, 0.6) is 0 Å². The topological polar surface area (TPSA) is 20.2 Å². The molecule has 1 unspecified atom stereocenters. The molecule has 0 bridgehead atoms. The van der Waals surface area contributed by atoms with Crippen molar-refractivity contribution in [2.45, 2.75) is 25.7 Å². The molecule has 1 N–H and O–H groups in total. The third kappa shape index (κ3) is 2.32. The Balaban J connectivity index is 2.99. The summed E-state index contributed by atoms with van der Waals surface area (Å²) in [6.45, 7) is 4.37. The van der Waals surface area contributed by atoms with E-state index in [9.17, 15) is 5.11 Å². The number of hydrogen-bond donors (Lipinski definition) is 1. The number of aliphatic hydroxyl groups is 1. The first-order chi connectivity index (χ1) is 6.12. The number of halogens is 1. The Morgan fingerprint density at radius 3 is 2.23 bits per heavy atom. The summed E-state index contributed by atoms with van der Waals surface area (Å²) in [7, 11) is 0. The van der Waals surface area contributed by atoms with Crippen molar-refractivity contribution in [2.75, 3.05) is 6.61 Å². The number of hydrogen-bond acceptors (Lipinski definition) is 1. The van der Waals surface area contributed by atoms with Gasteiger partial charge in [-0.15, -0.1) is 0 Å². The van der Waals surface area contributed by atoms with Gasteiger partial charge in [-0.05, 0) is 24.1 Å². The minimum absolute atomic E-state index is 0.0965. The Morgan fingerprint density at radius 2 is 1.85 bits per heavy atom. The maximum Gasteiger partial charge on any atom is 0.0525 e. The molecule has 13 heavy (non-hydrogen) atoms. The van der Waals surface area contributed by atoms with Crippen LogP contribution in [0.2, 0.25) is 0 Å². The molecule has 0 aromatic heterocycles. The second-order valence-electron chi connectivity index (χ2n) is 3.58. The van der Waals surface area contributed by atoms with Gasteiger partial charge in [0.05, 0.1) is 6.61 Å². The predicted molar refractivity (Wildman–Crippen MR) is 58.9 cm³/mol. The largest absolute Gasteiger partial charge is 0.395 e. The molecule has 0 saturated heterocycles. The van der Waals surface area contributed by atoms with E-state index in [4.69, 9.17) is 0 Å². The number of benzene rings is 1. The predicted octanol–water partition coefficient (Wildman–Crippen LogP) is 3.11. The lowest BCUT2D eigenvalue weighted by Gasteiger charge is -2.26. The second kappa shape index (κ2) is 4.25. The maximum absolute atomic E-state index is 9.30. The lowest BCUT2D eigenvalue weighted by Crippen LogP contribution is -2.25. The van der Waals surface area contributed by atoms with Gasteiger partial charge in [-0.3, -0.25) is 0 Å². The van der Waals surface area contributed by atoms with Crippen molar-refractivity contribution in [3.8, 4) is 0 Å². The number of aliphatic hydroxyl groups excluding tert-OH is 1. The molecule has 2 heteroatoms. The summed E-state index contributed by atoms with van der Waals surface area (Å²) in [5.41, 5.74) is 1.10. The van der Waals surface area contributed by atoms with Crippen molar-refractivity contribution in [1.82, 2.24) is 0 Å². The standard InChI is InChI=1S/C11H15BrO/c1-3-11(2,8-13)9-4-6-10(12)7-5-9/h4-7,13H,3,8H2,1-2H3. The monoisotopic (exact) mass is 242 g/mol. The van der Waals surface area contributed by atoms with E-state index in [2.05, 4.69) is 41.9 Å². The average Bonchev–Trinajstić information content (AvgIpc) is 2.18. The molecule has 0 aliphatic rings. The molecule has 1 atom stereocenters. The van der Waals surface area contributed by atoms with E-state index in [-0.39, 0.29) is 12.0 Å². The molecule has 0 aliphatic carbocycles. The van der Waals surface area contributed by atoms with E-state index in [1.807, 2.05) is 12.1 Å². The van der Waals surface area contributed by atoms with Gasteiger partial charge in [0.1, 0.15) is 0 Å². The Morgan fingerprint density at radius 1 is 1.31 bits per heavy atom. The van der Waals surface area contributed by atoms with Crippen LogP contribution in [0.4, 0.5) is 0 Å². The quantitative estimate of drug-likeness (QED) is 0.864. The highest BCUT2D eigenvalue weighted by Crippen LogP contribution is 2.27. The van der Waals surface area contributed by atoms with Crippen molar-refractivity contribution < 1.29 is 5.11 Å². The molecule has 0 amide bonds. The molecular formula is C11H15BrO. The average molecular weight is 243 g/mol. The molecule has 0 fully saturated rings. The fraction of sp³-hybridized carbons (Fsp3) is 0.455. The van der Waals surface area contributed by atoms with Crippen molar-refractivity contribution in [2.24, 2.45) is 0 Å². The third-order valence-electron chi connectivity index (χ3n) is 2.67. The highest BCUT2D eigenvalue weighted by Gasteiger charge is 2.22. The smallest absolute Gasteiger partial charge is 0.0525 e. The van der Waals surface area contributed by atoms with Gasteiger partial charge >= 0.3 is 0 Å². The second-order valence-corrected chi connectivity index (χ2v) is 4.49. The summed E-state index contributed by atoms with van der Waals surface area (Å²) >= 11 is 3.39. The summed E-state index contributed by atoms with van der Waals surface area (Å²) in [5, 5.41) is 9.30. The highest BCUT2D eigenvalue weighted by molar-refractivity contribution is 9.10. The zero-order valence-electron chi connectivity index (χ0n) is 8.05. The van der Waals surface area contributed by atoms with Crippen LogP contribution in [0.1, 0.15) is 25.8 Å². The van der Waals surface area contributed by atoms with Crippen LogP contribution < -0.4 is 0 Å². The van der Waals surface area contributed by atoms with Crippen LogP contribution in [-0.2, 0) is 5.41 Å². The van der Waals surface area contributed by atoms with Crippen LogP contribution in [0.25, 0.3) is 0 Å². The van der Waals surface area contributed by atoms with Gasteiger partial charge in [-0.1, -0.05) is 41.9 Å². The van der Waals surface area contributed by atoms with Crippen LogP contribution in [0.15, 0.2) is 28.7 Å². The molecule has 72 valence electrons. The zero-order chi connectivity index (χ0) is 9.90. The van der Waals surface area contributed by atoms with E-state index >= 15 is 0 Å². The lowest BCUT2D eigenvalue weighted by molar-refractivity contribution is 0.201. The Hall–Kier alpha value is -0.340. The lowest BCUT2D eigenvalue weighted by atomic mass is 9.81. The minimum Gasteiger partial charge on any atom is -0.395 e. The van der Waals surface area contributed by atoms with E-state index in [1.165, 1.54) is 5.56 Å². The summed E-state index contributed by atoms with van der Waals surface area (Å²) in [6.07, 6.45) is 0.950. The van der Waals surface area contributed by atoms with Crippen LogP contribution >= 0.6 is 15.9 Å². The first-order valence-electron chi connectivity index (χ1n) is 4.49. The van der Waals surface area contributed by atoms with Crippen LogP contribution in [-0.4, -0.2) is 11.7 Å². The SMILES string of the molecule is CCC(C)(CO)c1ccc(Br)cc1. The molecular weight excluding hydrogens is 228 g/mol. The molecule has 0 saturated carbocycles. The van der Waals surface area contributed by atoms with Gasteiger partial charge in [0.25, 0.3) is 0 Å². The molecule has 0 heterocycles. The molecule has 1 rings (SSSR count). The molecule has 0 radical (unpaired) electrons. The van der Waals surface area contributed by atoms with Gasteiger partial charge in [0.15, 0.2) is 0 Å². The van der Waals surface area contributed by atoms with Crippen molar-refractivity contribution >= 4 is 15.9 Å². The first-order valence-corrected chi connectivity index (χ1v) is 5.28. The van der Waals surface area contributed by atoms with Crippen LogP contribution in [0.3, 0.4) is 0 Å². The normalized spacial score (nSPS) is 15.4. The van der Waals surface area contributed by atoms with E-state index in [1.54, 1.807) is 0 Å². The number of rotatable bonds is 3. The van der Waals surface area contributed by atoms with E-state index < -0.39 is 0 Å². The summed E-state index contributed by atoms with van der Waals surface area (Å²) in [5.74, 6) is 0. The maximum atomic E-state index is 9.30. The van der Waals surface area contributed by atoms with Gasteiger partial charge < -0.3 is 5.11 Å². The van der Waals surface area contributed by atoms with Crippen LogP contribution in [0, 0.1) is 0 Å². The van der Waals surface area contributed by atoms with Crippen molar-refractivity contribution in [3.05, 3.63) is 34.3 Å². The molecule has 1 nitrogen and oxygen atoms in total. The Bertz CT molecular complexity index is 262. The fourth-order valence-corrected chi connectivity index (χ4v) is 1.52. The van der Waals surface area contributed by atoms with Gasteiger partial charge in [0, 0.05) is 9.89 Å². The van der Waals surface area contributed by atoms with Gasteiger partial charge in [0.2, 0.25) is 0 Å². The van der Waals surface area contributed by atoms with E-state index in [0.29, 0.717) is 0 Å². The molecule has 0 aliphatic heterocycles. The Kier molecular flexibility index (Phi) is 3.51. The third-order valence-corrected chi connectivity index (χ3v) is 3.20. The molecule has 0 spiro atoms. The zero-order valence-corrected chi connectivity index (χ0v) is 9.63. The van der Waals surface area contributed by atoms with E-state index in [0.717, 1.165) is 10.9 Å². The summed E-state index contributed by atoms with van der Waals surface area (Å²) in [6, 6.07) is 8.14. The highest BCUT2D eigenvalue weighted by atomic mass is 79.9. The molecule has 1 aromatic rings. The van der Waals surface area contributed by atoms with Gasteiger partial charge in [-0.2, -0.15) is 0 Å². The first kappa shape index (κ1) is 10.7. The van der Waals surface area contributed by atoms with Crippen molar-refractivity contribution in [3.63, 3.8) is 0 Å². The molecule has 1 aromatic carbocycles. The summed E-state index contributed by atoms with van der Waals surface area (Å²) in [4.78, 5) is 0. The van der Waals surface area contributed by atoms with Gasteiger partial charge in [-0.25, -0.2) is 0 Å². The van der Waals surface area contributed by atoms with Crippen molar-refractivity contribution in [1.29, 1.82) is 0 Å². The Labute approximate surface area is 87.9 Å². The summed E-state index contributed by atoms with van der Waals surface area (Å²) < 4.78 is 1.08. The minimum atomic E-state index is -0.0965. The fourth-order valence-electron chi connectivity index (χ4n) is 1.26.